The highest BCUT2D eigenvalue weighted by atomic mass is 35.5. The first-order valence-electron chi connectivity index (χ1n) is 5.34. The Morgan fingerprint density at radius 3 is 2.61 bits per heavy atom. The molecule has 0 saturated carbocycles. The third kappa shape index (κ3) is 2.55. The van der Waals surface area contributed by atoms with Crippen LogP contribution in [0.4, 0.5) is 5.82 Å². The van der Waals surface area contributed by atoms with Crippen LogP contribution in [0.5, 0.6) is 5.75 Å². The van der Waals surface area contributed by atoms with Crippen LogP contribution in [0.25, 0.3) is 0 Å². The molecule has 0 saturated heterocycles. The van der Waals surface area contributed by atoms with Crippen LogP contribution in [0.15, 0.2) is 36.5 Å². The summed E-state index contributed by atoms with van der Waals surface area (Å²) in [4.78, 5) is 3.92. The van der Waals surface area contributed by atoms with Crippen LogP contribution in [0.1, 0.15) is 17.2 Å². The van der Waals surface area contributed by atoms with Crippen molar-refractivity contribution in [2.24, 2.45) is 0 Å². The first kappa shape index (κ1) is 12.7. The number of anilines is 1. The van der Waals surface area contributed by atoms with E-state index in [-0.39, 0.29) is 5.82 Å². The topological polar surface area (TPSA) is 68.4 Å². The van der Waals surface area contributed by atoms with Gasteiger partial charge in [-0.2, -0.15) is 0 Å². The van der Waals surface area contributed by atoms with Crippen LogP contribution >= 0.6 is 11.6 Å². The maximum atomic E-state index is 10.2. The Morgan fingerprint density at radius 1 is 1.33 bits per heavy atom. The molecule has 2 aromatic rings. The number of aliphatic hydroxyl groups excluding tert-OH is 1. The molecule has 1 aromatic heterocycles. The van der Waals surface area contributed by atoms with Crippen molar-refractivity contribution in [3.05, 3.63) is 52.7 Å². The molecule has 0 spiro atoms. The molecule has 0 aliphatic heterocycles. The molecule has 3 N–H and O–H groups in total. The number of hydrogen-bond acceptors (Lipinski definition) is 4. The van der Waals surface area contributed by atoms with Crippen molar-refractivity contribution in [2.45, 2.75) is 6.10 Å². The predicted octanol–water partition coefficient (Wildman–Crippen LogP) is 2.41. The highest BCUT2D eigenvalue weighted by Crippen LogP contribution is 2.28. The number of nitrogens with zero attached hydrogens (tertiary/aromatic N) is 1. The van der Waals surface area contributed by atoms with Crippen molar-refractivity contribution in [3.63, 3.8) is 0 Å². The Hall–Kier alpha value is -1.78. The number of nitrogens with two attached hydrogens (primary N) is 1. The Bertz CT molecular complexity index is 543. The number of pyridine rings is 1. The molecular formula is C13H13ClN2O2. The second kappa shape index (κ2) is 5.25. The SMILES string of the molecule is COc1ccc(C(O)c2cc(Cl)cnc2N)cc1. The largest absolute Gasteiger partial charge is 0.497 e. The minimum atomic E-state index is -0.859. The summed E-state index contributed by atoms with van der Waals surface area (Å²) in [7, 11) is 1.59. The molecule has 5 heteroatoms. The van der Waals surface area contributed by atoms with E-state index in [2.05, 4.69) is 4.98 Å². The molecule has 0 bridgehead atoms. The van der Waals surface area contributed by atoms with Crippen LogP contribution in [0.3, 0.4) is 0 Å². The fourth-order valence-corrected chi connectivity index (χ4v) is 1.82. The second-order valence-corrected chi connectivity index (χ2v) is 4.24. The molecule has 2 rings (SSSR count). The molecule has 0 amide bonds. The number of methoxy groups -OCH3 is 1. The average Bonchev–Trinajstić information content (AvgIpc) is 2.41. The number of ether oxygens (including phenoxy) is 1. The highest BCUT2D eigenvalue weighted by Gasteiger charge is 2.15. The number of rotatable bonds is 3. The summed E-state index contributed by atoms with van der Waals surface area (Å²) in [6.45, 7) is 0. The van der Waals surface area contributed by atoms with E-state index in [4.69, 9.17) is 22.1 Å². The Kier molecular flexibility index (Phi) is 3.69. The lowest BCUT2D eigenvalue weighted by molar-refractivity contribution is 0.220. The lowest BCUT2D eigenvalue weighted by Crippen LogP contribution is -2.05. The molecular weight excluding hydrogens is 252 g/mol. The number of nitrogen functional groups attached to an aromatic ring is 1. The molecule has 18 heavy (non-hydrogen) atoms. The summed E-state index contributed by atoms with van der Waals surface area (Å²) in [6.07, 6.45) is 0.586. The van der Waals surface area contributed by atoms with Gasteiger partial charge < -0.3 is 15.6 Å². The van der Waals surface area contributed by atoms with Gasteiger partial charge in [0.05, 0.1) is 12.1 Å². The van der Waals surface area contributed by atoms with Crippen molar-refractivity contribution >= 4 is 17.4 Å². The van der Waals surface area contributed by atoms with E-state index >= 15 is 0 Å². The lowest BCUT2D eigenvalue weighted by Gasteiger charge is -2.13. The van der Waals surface area contributed by atoms with Crippen molar-refractivity contribution in [3.8, 4) is 5.75 Å². The van der Waals surface area contributed by atoms with E-state index in [1.165, 1.54) is 6.20 Å². The van der Waals surface area contributed by atoms with E-state index in [9.17, 15) is 5.11 Å². The van der Waals surface area contributed by atoms with Crippen LogP contribution in [0, 0.1) is 0 Å². The monoisotopic (exact) mass is 264 g/mol. The predicted molar refractivity (Wildman–Crippen MR) is 70.7 cm³/mol. The van der Waals surface area contributed by atoms with E-state index in [1.807, 2.05) is 0 Å². The molecule has 0 fully saturated rings. The number of hydrogen-bond donors (Lipinski definition) is 2. The smallest absolute Gasteiger partial charge is 0.129 e. The van der Waals surface area contributed by atoms with Gasteiger partial charge in [-0.1, -0.05) is 23.7 Å². The van der Waals surface area contributed by atoms with Gasteiger partial charge in [-0.05, 0) is 23.8 Å². The van der Waals surface area contributed by atoms with Gasteiger partial charge in [0.25, 0.3) is 0 Å². The fourth-order valence-electron chi connectivity index (χ4n) is 1.65. The standard InChI is InChI=1S/C13H13ClN2O2/c1-18-10-4-2-8(3-5-10)12(17)11-6-9(14)7-16-13(11)15/h2-7,12,17H,1H3,(H2,15,16). The first-order chi connectivity index (χ1) is 8.61. The summed E-state index contributed by atoms with van der Waals surface area (Å²) in [6, 6.07) is 8.69. The maximum absolute atomic E-state index is 10.2. The summed E-state index contributed by atoms with van der Waals surface area (Å²) >= 11 is 5.85. The Morgan fingerprint density at radius 2 is 2.00 bits per heavy atom. The van der Waals surface area contributed by atoms with Gasteiger partial charge in [-0.15, -0.1) is 0 Å². The summed E-state index contributed by atoms with van der Waals surface area (Å²) in [5.41, 5.74) is 6.92. The molecule has 0 radical (unpaired) electrons. The first-order valence-corrected chi connectivity index (χ1v) is 5.72. The molecule has 0 aliphatic rings. The molecule has 0 aliphatic carbocycles. The van der Waals surface area contributed by atoms with Gasteiger partial charge in [-0.3, -0.25) is 0 Å². The van der Waals surface area contributed by atoms with Crippen molar-refractivity contribution in [2.75, 3.05) is 12.8 Å². The van der Waals surface area contributed by atoms with E-state index < -0.39 is 6.10 Å². The zero-order chi connectivity index (χ0) is 13.1. The van der Waals surface area contributed by atoms with Crippen molar-refractivity contribution in [1.82, 2.24) is 4.98 Å². The zero-order valence-corrected chi connectivity index (χ0v) is 10.6. The number of aliphatic hydroxyl groups is 1. The van der Waals surface area contributed by atoms with Gasteiger partial charge in [0.15, 0.2) is 0 Å². The summed E-state index contributed by atoms with van der Waals surface area (Å²) in [5.74, 6) is 0.992. The quantitative estimate of drug-likeness (QED) is 0.893. The van der Waals surface area contributed by atoms with Gasteiger partial charge >= 0.3 is 0 Å². The lowest BCUT2D eigenvalue weighted by atomic mass is 10.0. The molecule has 1 heterocycles. The van der Waals surface area contributed by atoms with Gasteiger partial charge in [0, 0.05) is 11.8 Å². The minimum absolute atomic E-state index is 0.266. The number of halogens is 1. The minimum Gasteiger partial charge on any atom is -0.497 e. The Labute approximate surface area is 110 Å². The molecule has 1 aromatic carbocycles. The maximum Gasteiger partial charge on any atom is 0.129 e. The van der Waals surface area contributed by atoms with Crippen LogP contribution in [0.2, 0.25) is 5.02 Å². The fraction of sp³-hybridized carbons (Fsp3) is 0.154. The highest BCUT2D eigenvalue weighted by molar-refractivity contribution is 6.30. The summed E-state index contributed by atoms with van der Waals surface area (Å²) in [5, 5.41) is 10.7. The van der Waals surface area contributed by atoms with Crippen LogP contribution < -0.4 is 10.5 Å². The van der Waals surface area contributed by atoms with Gasteiger partial charge in [0.1, 0.15) is 17.7 Å². The van der Waals surface area contributed by atoms with Crippen LogP contribution in [-0.4, -0.2) is 17.2 Å². The number of benzene rings is 1. The van der Waals surface area contributed by atoms with Gasteiger partial charge in [0.2, 0.25) is 0 Å². The molecule has 4 nitrogen and oxygen atoms in total. The van der Waals surface area contributed by atoms with Crippen LogP contribution in [-0.2, 0) is 0 Å². The van der Waals surface area contributed by atoms with Crippen molar-refractivity contribution in [1.29, 1.82) is 0 Å². The normalized spacial score (nSPS) is 12.2. The van der Waals surface area contributed by atoms with Gasteiger partial charge in [-0.25, -0.2) is 4.98 Å². The third-order valence-corrected chi connectivity index (χ3v) is 2.85. The molecule has 94 valence electrons. The third-order valence-electron chi connectivity index (χ3n) is 2.64. The van der Waals surface area contributed by atoms with E-state index in [0.717, 1.165) is 5.75 Å². The average molecular weight is 265 g/mol. The Balaban J connectivity index is 2.34. The van der Waals surface area contributed by atoms with Crippen molar-refractivity contribution < 1.29 is 9.84 Å². The molecule has 1 unspecified atom stereocenters. The number of aromatic nitrogens is 1. The second-order valence-electron chi connectivity index (χ2n) is 3.80. The summed E-state index contributed by atoms with van der Waals surface area (Å²) < 4.78 is 5.06. The zero-order valence-electron chi connectivity index (χ0n) is 9.80. The van der Waals surface area contributed by atoms with E-state index in [0.29, 0.717) is 16.1 Å². The molecule has 1 atom stereocenters. The van der Waals surface area contributed by atoms with E-state index in [1.54, 1.807) is 37.4 Å².